The monoisotopic (exact) mass is 403 g/mol. The molecule has 2 N–H and O–H groups in total. The highest BCUT2D eigenvalue weighted by molar-refractivity contribution is 6.32. The molecule has 7 nitrogen and oxygen atoms in total. The van der Waals surface area contributed by atoms with E-state index in [1.165, 1.54) is 14.2 Å². The van der Waals surface area contributed by atoms with E-state index in [0.717, 1.165) is 0 Å². The van der Waals surface area contributed by atoms with E-state index in [4.69, 9.17) is 21.1 Å². The van der Waals surface area contributed by atoms with Crippen molar-refractivity contribution in [2.24, 2.45) is 0 Å². The van der Waals surface area contributed by atoms with Gasteiger partial charge in [-0.25, -0.2) is 0 Å². The lowest BCUT2D eigenvalue weighted by molar-refractivity contribution is -0.118. The molecule has 0 unspecified atom stereocenters. The minimum atomic E-state index is -0.278. The summed E-state index contributed by atoms with van der Waals surface area (Å²) in [6, 6.07) is 10.3. The van der Waals surface area contributed by atoms with Gasteiger partial charge < -0.3 is 25.0 Å². The van der Waals surface area contributed by atoms with Crippen LogP contribution in [0, 0.1) is 0 Å². The lowest BCUT2D eigenvalue weighted by Crippen LogP contribution is -2.42. The van der Waals surface area contributed by atoms with Gasteiger partial charge in [-0.05, 0) is 19.1 Å². The van der Waals surface area contributed by atoms with Crippen molar-refractivity contribution >= 4 is 40.5 Å². The second-order valence-electron chi connectivity index (χ2n) is 6.42. The molecule has 1 aliphatic rings. The molecule has 0 fully saturated rings. The molecule has 0 aromatic heterocycles. The van der Waals surface area contributed by atoms with E-state index < -0.39 is 0 Å². The number of rotatable bonds is 5. The minimum absolute atomic E-state index is 0.00795. The van der Waals surface area contributed by atoms with Crippen LogP contribution in [0.3, 0.4) is 0 Å². The molecule has 0 bridgehead atoms. The highest BCUT2D eigenvalue weighted by atomic mass is 35.5. The van der Waals surface area contributed by atoms with Crippen molar-refractivity contribution in [1.82, 2.24) is 0 Å². The normalized spacial score (nSPS) is 15.9. The van der Waals surface area contributed by atoms with Crippen LogP contribution in [0.1, 0.15) is 13.3 Å². The van der Waals surface area contributed by atoms with E-state index >= 15 is 0 Å². The lowest BCUT2D eigenvalue weighted by Gasteiger charge is -2.28. The summed E-state index contributed by atoms with van der Waals surface area (Å²) in [6.07, 6.45) is 0.221. The Balaban J connectivity index is 1.84. The molecule has 0 saturated carbocycles. The molecule has 2 aromatic carbocycles. The van der Waals surface area contributed by atoms with E-state index in [1.54, 1.807) is 23.1 Å². The van der Waals surface area contributed by atoms with Gasteiger partial charge in [0.1, 0.15) is 11.5 Å². The molecule has 1 heterocycles. The Bertz CT molecular complexity index is 903. The van der Waals surface area contributed by atoms with Gasteiger partial charge in [0, 0.05) is 24.6 Å². The number of nitrogens with one attached hydrogen (secondary N) is 2. The summed E-state index contributed by atoms with van der Waals surface area (Å²) in [5, 5.41) is 6.35. The number of benzene rings is 2. The van der Waals surface area contributed by atoms with Crippen molar-refractivity contribution in [3.05, 3.63) is 41.4 Å². The quantitative estimate of drug-likeness (QED) is 0.798. The zero-order chi connectivity index (χ0) is 20.3. The molecule has 28 heavy (non-hydrogen) atoms. The number of para-hydroxylation sites is 2. The summed E-state index contributed by atoms with van der Waals surface area (Å²) in [4.78, 5) is 26.8. The molecule has 148 valence electrons. The van der Waals surface area contributed by atoms with Crippen molar-refractivity contribution in [1.29, 1.82) is 0 Å². The van der Waals surface area contributed by atoms with Crippen LogP contribution in [0.5, 0.6) is 11.5 Å². The van der Waals surface area contributed by atoms with Gasteiger partial charge >= 0.3 is 0 Å². The summed E-state index contributed by atoms with van der Waals surface area (Å²) in [5.41, 5.74) is 1.88. The fourth-order valence-electron chi connectivity index (χ4n) is 3.22. The van der Waals surface area contributed by atoms with E-state index in [-0.39, 0.29) is 30.8 Å². The van der Waals surface area contributed by atoms with Crippen LogP contribution in [-0.2, 0) is 9.59 Å². The molecule has 2 amide bonds. The average molecular weight is 404 g/mol. The molecule has 0 aliphatic carbocycles. The molecular formula is C20H22ClN3O4. The highest BCUT2D eigenvalue weighted by Crippen LogP contribution is 2.36. The van der Waals surface area contributed by atoms with Crippen LogP contribution >= 0.6 is 11.6 Å². The Morgan fingerprint density at radius 2 is 1.96 bits per heavy atom. The number of hydrogen-bond acceptors (Lipinski definition) is 5. The first kappa shape index (κ1) is 19.8. The van der Waals surface area contributed by atoms with Crippen LogP contribution in [0.4, 0.5) is 17.1 Å². The smallest absolute Gasteiger partial charge is 0.246 e. The number of hydrogen-bond donors (Lipinski definition) is 2. The third kappa shape index (κ3) is 3.99. The second kappa shape index (κ2) is 8.39. The molecule has 0 radical (unpaired) electrons. The third-order valence-electron chi connectivity index (χ3n) is 4.53. The van der Waals surface area contributed by atoms with Gasteiger partial charge in [0.2, 0.25) is 11.8 Å². The molecule has 1 atom stereocenters. The number of carbonyl (C=O) groups excluding carboxylic acids is 2. The fraction of sp³-hybridized carbons (Fsp3) is 0.300. The number of carbonyl (C=O) groups is 2. The lowest BCUT2D eigenvalue weighted by atomic mass is 10.1. The maximum atomic E-state index is 13.1. The maximum Gasteiger partial charge on any atom is 0.246 e. The summed E-state index contributed by atoms with van der Waals surface area (Å²) < 4.78 is 10.6. The van der Waals surface area contributed by atoms with Crippen molar-refractivity contribution in [3.8, 4) is 11.5 Å². The van der Waals surface area contributed by atoms with Crippen molar-refractivity contribution < 1.29 is 19.1 Å². The molecule has 1 aliphatic heterocycles. The summed E-state index contributed by atoms with van der Waals surface area (Å²) in [6.45, 7) is 1.86. The zero-order valence-electron chi connectivity index (χ0n) is 15.9. The van der Waals surface area contributed by atoms with Crippen molar-refractivity contribution in [2.45, 2.75) is 19.4 Å². The Labute approximate surface area is 168 Å². The van der Waals surface area contributed by atoms with Crippen LogP contribution in [0.15, 0.2) is 36.4 Å². The van der Waals surface area contributed by atoms with Crippen LogP contribution in [-0.4, -0.2) is 38.6 Å². The van der Waals surface area contributed by atoms with Gasteiger partial charge in [-0.2, -0.15) is 0 Å². The number of ether oxygens (including phenoxy) is 2. The molecule has 3 rings (SSSR count). The SMILES string of the molecule is COc1cc(NCC(=O)N2c3ccccc3NC(=O)C[C@@H]2C)c(OC)cc1Cl. The van der Waals surface area contributed by atoms with Crippen LogP contribution in [0.2, 0.25) is 5.02 Å². The van der Waals surface area contributed by atoms with Gasteiger partial charge in [0.05, 0.1) is 42.8 Å². The summed E-state index contributed by atoms with van der Waals surface area (Å²) in [7, 11) is 3.04. The Morgan fingerprint density at radius 1 is 1.25 bits per heavy atom. The standard InChI is InChI=1S/C20H22ClN3O4/c1-12-8-19(25)23-14-6-4-5-7-16(14)24(12)20(26)11-22-15-10-17(27-2)13(21)9-18(15)28-3/h4-7,9-10,12,22H,8,11H2,1-3H3,(H,23,25)/t12-/m0/s1. The third-order valence-corrected chi connectivity index (χ3v) is 4.83. The van der Waals surface area contributed by atoms with Gasteiger partial charge in [-0.3, -0.25) is 9.59 Å². The molecule has 2 aromatic rings. The van der Waals surface area contributed by atoms with Crippen molar-refractivity contribution in [3.63, 3.8) is 0 Å². The van der Waals surface area contributed by atoms with E-state index in [0.29, 0.717) is 33.6 Å². The molecule has 0 spiro atoms. The molecule has 0 saturated heterocycles. The molecule has 8 heteroatoms. The van der Waals surface area contributed by atoms with Gasteiger partial charge in [0.15, 0.2) is 0 Å². The maximum absolute atomic E-state index is 13.1. The first-order valence-corrected chi connectivity index (χ1v) is 9.18. The van der Waals surface area contributed by atoms with Crippen LogP contribution in [0.25, 0.3) is 0 Å². The topological polar surface area (TPSA) is 79.9 Å². The number of amides is 2. The van der Waals surface area contributed by atoms with Crippen molar-refractivity contribution in [2.75, 3.05) is 36.3 Å². The first-order valence-electron chi connectivity index (χ1n) is 8.81. The van der Waals surface area contributed by atoms with E-state index in [2.05, 4.69) is 10.6 Å². The average Bonchev–Trinajstić information content (AvgIpc) is 2.80. The predicted octanol–water partition coefficient (Wildman–Crippen LogP) is 3.53. The Hall–Kier alpha value is -2.93. The predicted molar refractivity (Wildman–Crippen MR) is 110 cm³/mol. The summed E-state index contributed by atoms with van der Waals surface area (Å²) >= 11 is 6.13. The van der Waals surface area contributed by atoms with Gasteiger partial charge in [0.25, 0.3) is 0 Å². The van der Waals surface area contributed by atoms with E-state index in [9.17, 15) is 9.59 Å². The number of fused-ring (bicyclic) bond motifs is 1. The summed E-state index contributed by atoms with van der Waals surface area (Å²) in [5.74, 6) is 0.681. The second-order valence-corrected chi connectivity index (χ2v) is 6.83. The Kier molecular flexibility index (Phi) is 5.94. The van der Waals surface area contributed by atoms with E-state index in [1.807, 2.05) is 25.1 Å². The fourth-order valence-corrected chi connectivity index (χ4v) is 3.45. The minimum Gasteiger partial charge on any atom is -0.495 e. The van der Waals surface area contributed by atoms with Gasteiger partial charge in [-0.1, -0.05) is 23.7 Å². The number of nitrogens with zero attached hydrogens (tertiary/aromatic N) is 1. The van der Waals surface area contributed by atoms with Crippen LogP contribution < -0.4 is 25.0 Å². The number of halogens is 1. The Morgan fingerprint density at radius 3 is 2.68 bits per heavy atom. The largest absolute Gasteiger partial charge is 0.495 e. The molecular weight excluding hydrogens is 382 g/mol. The van der Waals surface area contributed by atoms with Gasteiger partial charge in [-0.15, -0.1) is 0 Å². The number of methoxy groups -OCH3 is 2. The zero-order valence-corrected chi connectivity index (χ0v) is 16.7. The highest BCUT2D eigenvalue weighted by Gasteiger charge is 2.29. The first-order chi connectivity index (χ1) is 13.4. The number of anilines is 3.